The lowest BCUT2D eigenvalue weighted by Crippen LogP contribution is -2.39. The Kier molecular flexibility index (Phi) is 3.06. The van der Waals surface area contributed by atoms with Crippen LogP contribution in [-0.2, 0) is 11.3 Å². The van der Waals surface area contributed by atoms with E-state index < -0.39 is 0 Å². The lowest BCUT2D eigenvalue weighted by molar-refractivity contribution is -0.139. The summed E-state index contributed by atoms with van der Waals surface area (Å²) < 4.78 is 12.9. The molecule has 0 spiro atoms. The zero-order chi connectivity index (χ0) is 12.5. The number of nitrogens with zero attached hydrogens (tertiary/aromatic N) is 1. The summed E-state index contributed by atoms with van der Waals surface area (Å²) in [6, 6.07) is 6.92. The van der Waals surface area contributed by atoms with Crippen LogP contribution in [0.1, 0.15) is 37.7 Å². The van der Waals surface area contributed by atoms with Gasteiger partial charge < -0.3 is 4.90 Å². The Bertz CT molecular complexity index is 434. The highest BCUT2D eigenvalue weighted by molar-refractivity contribution is 5.80. The quantitative estimate of drug-likeness (QED) is 0.800. The first-order chi connectivity index (χ1) is 8.74. The predicted octanol–water partition coefficient (Wildman–Crippen LogP) is 3.12. The fourth-order valence-electron chi connectivity index (χ4n) is 2.45. The van der Waals surface area contributed by atoms with Crippen molar-refractivity contribution in [3.05, 3.63) is 35.6 Å². The van der Waals surface area contributed by atoms with E-state index in [0.717, 1.165) is 31.2 Å². The van der Waals surface area contributed by atoms with Crippen LogP contribution in [0, 0.1) is 11.7 Å². The minimum Gasteiger partial charge on any atom is -0.335 e. The molecule has 2 aliphatic rings. The van der Waals surface area contributed by atoms with Crippen molar-refractivity contribution >= 4 is 5.91 Å². The van der Waals surface area contributed by atoms with Crippen LogP contribution < -0.4 is 0 Å². The first-order valence-corrected chi connectivity index (χ1v) is 6.79. The van der Waals surface area contributed by atoms with Gasteiger partial charge in [0.2, 0.25) is 5.91 Å². The van der Waals surface area contributed by atoms with Gasteiger partial charge in [-0.1, -0.05) is 18.6 Å². The summed E-state index contributed by atoms with van der Waals surface area (Å²) in [6.07, 6.45) is 5.53. The third-order valence-electron chi connectivity index (χ3n) is 3.99. The van der Waals surface area contributed by atoms with Crippen molar-refractivity contribution in [1.82, 2.24) is 4.90 Å². The number of amides is 1. The van der Waals surface area contributed by atoms with Crippen molar-refractivity contribution in [1.29, 1.82) is 0 Å². The number of hydrogen-bond donors (Lipinski definition) is 0. The van der Waals surface area contributed by atoms with Crippen LogP contribution in [0.2, 0.25) is 0 Å². The van der Waals surface area contributed by atoms with E-state index in [2.05, 4.69) is 0 Å². The maximum atomic E-state index is 12.9. The van der Waals surface area contributed by atoms with E-state index in [1.807, 2.05) is 4.90 Å². The van der Waals surface area contributed by atoms with Gasteiger partial charge in [-0.25, -0.2) is 4.39 Å². The Morgan fingerprint density at radius 3 is 2.33 bits per heavy atom. The summed E-state index contributed by atoms with van der Waals surface area (Å²) in [4.78, 5) is 14.3. The van der Waals surface area contributed by atoms with Crippen molar-refractivity contribution in [2.24, 2.45) is 5.92 Å². The topological polar surface area (TPSA) is 20.3 Å². The molecule has 0 aromatic heterocycles. The summed E-state index contributed by atoms with van der Waals surface area (Å²) in [6.45, 7) is 0.639. The number of halogens is 1. The summed E-state index contributed by atoms with van der Waals surface area (Å²) in [5, 5.41) is 0. The van der Waals surface area contributed by atoms with Gasteiger partial charge in [-0.2, -0.15) is 0 Å². The van der Waals surface area contributed by atoms with Crippen molar-refractivity contribution in [2.75, 3.05) is 0 Å². The Balaban J connectivity index is 1.69. The highest BCUT2D eigenvalue weighted by Crippen LogP contribution is 2.34. The van der Waals surface area contributed by atoms with Gasteiger partial charge in [0.05, 0.1) is 0 Å². The van der Waals surface area contributed by atoms with Crippen LogP contribution in [0.5, 0.6) is 0 Å². The molecule has 3 heteroatoms. The monoisotopic (exact) mass is 247 g/mol. The third-order valence-corrected chi connectivity index (χ3v) is 3.99. The minimum atomic E-state index is -0.220. The maximum Gasteiger partial charge on any atom is 0.226 e. The molecular weight excluding hydrogens is 229 g/mol. The summed E-state index contributed by atoms with van der Waals surface area (Å²) in [5.74, 6) is 0.348. The average molecular weight is 247 g/mol. The lowest BCUT2D eigenvalue weighted by Gasteiger charge is -2.32. The molecule has 18 heavy (non-hydrogen) atoms. The van der Waals surface area contributed by atoms with Crippen molar-refractivity contribution in [3.63, 3.8) is 0 Å². The number of benzene rings is 1. The zero-order valence-corrected chi connectivity index (χ0v) is 10.4. The Morgan fingerprint density at radius 2 is 1.83 bits per heavy atom. The molecule has 96 valence electrons. The van der Waals surface area contributed by atoms with E-state index in [4.69, 9.17) is 0 Å². The Morgan fingerprint density at radius 1 is 1.17 bits per heavy atom. The standard InChI is InChI=1S/C15H18FNO/c16-13-6-4-11(5-7-13)10-17(14-8-9-14)15(18)12-2-1-3-12/h4-7,12,14H,1-3,8-10H2. The van der Waals surface area contributed by atoms with Crippen molar-refractivity contribution in [2.45, 2.75) is 44.7 Å². The molecular formula is C15H18FNO. The number of rotatable bonds is 4. The Hall–Kier alpha value is -1.38. The molecule has 1 aromatic carbocycles. The van der Waals surface area contributed by atoms with E-state index in [9.17, 15) is 9.18 Å². The van der Waals surface area contributed by atoms with Crippen molar-refractivity contribution < 1.29 is 9.18 Å². The van der Waals surface area contributed by atoms with Crippen LogP contribution >= 0.6 is 0 Å². The molecule has 2 nitrogen and oxygen atoms in total. The molecule has 0 unspecified atom stereocenters. The first kappa shape index (κ1) is 11.7. The van der Waals surface area contributed by atoms with Gasteiger partial charge in [0.25, 0.3) is 0 Å². The van der Waals surface area contributed by atoms with E-state index >= 15 is 0 Å². The molecule has 1 aromatic rings. The molecule has 0 atom stereocenters. The van der Waals surface area contributed by atoms with Gasteiger partial charge in [-0.3, -0.25) is 4.79 Å². The highest BCUT2D eigenvalue weighted by atomic mass is 19.1. The summed E-state index contributed by atoms with van der Waals surface area (Å²) >= 11 is 0. The molecule has 0 bridgehead atoms. The van der Waals surface area contributed by atoms with E-state index in [1.54, 1.807) is 12.1 Å². The number of carbonyl (C=O) groups excluding carboxylic acids is 1. The molecule has 0 saturated heterocycles. The number of hydrogen-bond acceptors (Lipinski definition) is 1. The Labute approximate surface area is 107 Å². The zero-order valence-electron chi connectivity index (χ0n) is 10.4. The predicted molar refractivity (Wildman–Crippen MR) is 67.3 cm³/mol. The normalized spacial score (nSPS) is 19.4. The SMILES string of the molecule is O=C(C1CCC1)N(Cc1ccc(F)cc1)C1CC1. The van der Waals surface area contributed by atoms with Crippen LogP contribution in [0.4, 0.5) is 4.39 Å². The maximum absolute atomic E-state index is 12.9. The van der Waals surface area contributed by atoms with Crippen LogP contribution in [0.25, 0.3) is 0 Å². The van der Waals surface area contributed by atoms with Crippen molar-refractivity contribution in [3.8, 4) is 0 Å². The largest absolute Gasteiger partial charge is 0.335 e. The molecule has 0 heterocycles. The molecule has 3 rings (SSSR count). The second-order valence-corrected chi connectivity index (χ2v) is 5.45. The molecule has 0 radical (unpaired) electrons. The van der Waals surface area contributed by atoms with Crippen LogP contribution in [0.3, 0.4) is 0 Å². The second-order valence-electron chi connectivity index (χ2n) is 5.45. The van der Waals surface area contributed by atoms with E-state index in [1.165, 1.54) is 18.6 Å². The van der Waals surface area contributed by atoms with Gasteiger partial charge in [0, 0.05) is 18.5 Å². The van der Waals surface area contributed by atoms with Crippen LogP contribution in [-0.4, -0.2) is 16.8 Å². The average Bonchev–Trinajstić information content (AvgIpc) is 3.09. The summed E-state index contributed by atoms with van der Waals surface area (Å²) in [7, 11) is 0. The fraction of sp³-hybridized carbons (Fsp3) is 0.533. The van der Waals surface area contributed by atoms with Gasteiger partial charge in [-0.15, -0.1) is 0 Å². The molecule has 0 N–H and O–H groups in total. The third kappa shape index (κ3) is 2.40. The fourth-order valence-corrected chi connectivity index (χ4v) is 2.45. The lowest BCUT2D eigenvalue weighted by atomic mass is 9.84. The van der Waals surface area contributed by atoms with Gasteiger partial charge in [-0.05, 0) is 43.4 Å². The number of carbonyl (C=O) groups is 1. The highest BCUT2D eigenvalue weighted by Gasteiger charge is 2.37. The molecule has 2 aliphatic carbocycles. The van der Waals surface area contributed by atoms with Gasteiger partial charge in [0.1, 0.15) is 5.82 Å². The minimum absolute atomic E-state index is 0.220. The molecule has 0 aliphatic heterocycles. The van der Waals surface area contributed by atoms with E-state index in [-0.39, 0.29) is 11.7 Å². The second kappa shape index (κ2) is 4.71. The van der Waals surface area contributed by atoms with Gasteiger partial charge >= 0.3 is 0 Å². The smallest absolute Gasteiger partial charge is 0.226 e. The van der Waals surface area contributed by atoms with Gasteiger partial charge in [0.15, 0.2) is 0 Å². The molecule has 1 amide bonds. The molecule has 2 saturated carbocycles. The first-order valence-electron chi connectivity index (χ1n) is 6.79. The van der Waals surface area contributed by atoms with E-state index in [0.29, 0.717) is 18.5 Å². The summed E-state index contributed by atoms with van der Waals surface area (Å²) in [5.41, 5.74) is 1.02. The molecule has 2 fully saturated rings. The van der Waals surface area contributed by atoms with Crippen LogP contribution in [0.15, 0.2) is 24.3 Å².